The second-order valence-corrected chi connectivity index (χ2v) is 9.54. The van der Waals surface area contributed by atoms with Crippen molar-refractivity contribution in [3.8, 4) is 18.1 Å². The molecule has 0 saturated carbocycles. The summed E-state index contributed by atoms with van der Waals surface area (Å²) in [5.41, 5.74) is 7.09. The number of benzene rings is 2. The number of primary amides is 1. The van der Waals surface area contributed by atoms with Gasteiger partial charge in [0, 0.05) is 53.0 Å². The fourth-order valence-electron chi connectivity index (χ4n) is 4.32. The zero-order chi connectivity index (χ0) is 28.8. The smallest absolute Gasteiger partial charge is 0.259 e. The molecule has 1 aromatic heterocycles. The molecule has 5 N–H and O–H groups in total. The van der Waals surface area contributed by atoms with Crippen LogP contribution in [0.2, 0.25) is 5.02 Å². The molecule has 0 radical (unpaired) electrons. The summed E-state index contributed by atoms with van der Waals surface area (Å²) in [6.45, 7) is 1.11. The van der Waals surface area contributed by atoms with Crippen LogP contribution in [0, 0.1) is 23.7 Å². The Bertz CT molecular complexity index is 1490. The number of aromatic nitrogens is 1. The highest BCUT2D eigenvalue weighted by Gasteiger charge is 2.25. The van der Waals surface area contributed by atoms with Gasteiger partial charge in [0.2, 0.25) is 5.91 Å². The third-order valence-electron chi connectivity index (χ3n) is 6.58. The van der Waals surface area contributed by atoms with Gasteiger partial charge in [-0.15, -0.1) is 6.42 Å². The number of pyridine rings is 1. The van der Waals surface area contributed by atoms with Crippen LogP contribution < -0.4 is 21.1 Å². The Morgan fingerprint density at radius 3 is 2.33 bits per heavy atom. The average Bonchev–Trinajstić information content (AvgIpc) is 2.97. The number of likely N-dealkylation sites (tertiary alicyclic amines) is 1. The van der Waals surface area contributed by atoms with E-state index in [2.05, 4.69) is 21.5 Å². The minimum atomic E-state index is -0.569. The van der Waals surface area contributed by atoms with Gasteiger partial charge in [-0.25, -0.2) is 4.98 Å². The number of ether oxygens (including phenoxy) is 1. The van der Waals surface area contributed by atoms with Crippen molar-refractivity contribution in [2.45, 2.75) is 12.8 Å². The highest BCUT2D eigenvalue weighted by Crippen LogP contribution is 2.33. The second kappa shape index (κ2) is 12.3. The van der Waals surface area contributed by atoms with E-state index in [-0.39, 0.29) is 39.7 Å². The van der Waals surface area contributed by atoms with Gasteiger partial charge < -0.3 is 26.0 Å². The Morgan fingerprint density at radius 1 is 1.07 bits per heavy atom. The summed E-state index contributed by atoms with van der Waals surface area (Å²) in [5, 5.41) is 14.2. The zero-order valence-corrected chi connectivity index (χ0v) is 22.4. The maximum Gasteiger partial charge on any atom is 0.259 e. The van der Waals surface area contributed by atoms with E-state index in [0.717, 1.165) is 0 Å². The number of halogens is 1. The van der Waals surface area contributed by atoms with Gasteiger partial charge >= 0.3 is 0 Å². The Morgan fingerprint density at radius 2 is 1.75 bits per heavy atom. The lowest BCUT2D eigenvalue weighted by molar-refractivity contribution is -0.122. The molecule has 1 aliphatic rings. The topological polar surface area (TPSA) is 150 Å². The molecule has 204 valence electrons. The Balaban J connectivity index is 1.50. The third kappa shape index (κ3) is 6.39. The summed E-state index contributed by atoms with van der Waals surface area (Å²) >= 11 is 6.22. The largest absolute Gasteiger partial charge is 0.494 e. The van der Waals surface area contributed by atoms with Crippen molar-refractivity contribution in [1.29, 1.82) is 5.41 Å². The number of nitrogens with zero attached hydrogens (tertiary/aromatic N) is 2. The number of amides is 3. The van der Waals surface area contributed by atoms with Crippen molar-refractivity contribution in [2.24, 2.45) is 11.7 Å². The van der Waals surface area contributed by atoms with E-state index >= 15 is 0 Å². The number of nitrogens with one attached hydrogen (secondary N) is 3. The molecule has 4 rings (SSSR count). The molecule has 2 aromatic carbocycles. The van der Waals surface area contributed by atoms with Gasteiger partial charge in [-0.1, -0.05) is 29.7 Å². The fraction of sp³-hybridized carbons (Fsp3) is 0.207. The van der Waals surface area contributed by atoms with E-state index in [1.165, 1.54) is 25.4 Å². The first-order valence-electron chi connectivity index (χ1n) is 12.4. The lowest BCUT2D eigenvalue weighted by Gasteiger charge is -2.32. The van der Waals surface area contributed by atoms with Gasteiger partial charge in [-0.2, -0.15) is 0 Å². The van der Waals surface area contributed by atoms with Crippen LogP contribution in [0.4, 0.5) is 11.5 Å². The van der Waals surface area contributed by atoms with Crippen LogP contribution in [0.25, 0.3) is 0 Å². The number of hydrogen-bond acceptors (Lipinski definition) is 6. The maximum atomic E-state index is 13.2. The van der Waals surface area contributed by atoms with Gasteiger partial charge in [0.15, 0.2) is 0 Å². The minimum absolute atomic E-state index is 0.0679. The molecule has 40 heavy (non-hydrogen) atoms. The van der Waals surface area contributed by atoms with Crippen molar-refractivity contribution < 1.29 is 19.1 Å². The number of methoxy groups -OCH3 is 1. The van der Waals surface area contributed by atoms with Crippen molar-refractivity contribution in [3.05, 3.63) is 82.0 Å². The predicted octanol–water partition coefficient (Wildman–Crippen LogP) is 3.75. The van der Waals surface area contributed by atoms with E-state index in [0.29, 0.717) is 48.5 Å². The summed E-state index contributed by atoms with van der Waals surface area (Å²) in [5.74, 6) is 1.67. The van der Waals surface area contributed by atoms with Crippen LogP contribution in [0.3, 0.4) is 0 Å². The number of piperidine rings is 1. The lowest BCUT2D eigenvalue weighted by Crippen LogP contribution is -2.41. The summed E-state index contributed by atoms with van der Waals surface area (Å²) in [7, 11) is 1.40. The summed E-state index contributed by atoms with van der Waals surface area (Å²) in [6, 6.07) is 12.6. The number of carbonyl (C=O) groups is 3. The van der Waals surface area contributed by atoms with Gasteiger partial charge in [-0.05, 0) is 43.2 Å². The molecular weight excluding hydrogens is 532 g/mol. The van der Waals surface area contributed by atoms with Crippen LogP contribution in [-0.2, 0) is 4.79 Å². The Kier molecular flexibility index (Phi) is 8.67. The maximum absolute atomic E-state index is 13.2. The standard InChI is InChI=1S/C29H27ClN6O4/c1-3-17-4-9-24(33-16-17)34-29(39)22-14-21(30)15-23(40-2)25(22)35-28(38)20-7-5-18(6-8-20)26(31)36-12-10-19(11-13-36)27(32)37/h1,4-9,14-16,19,31H,10-13H2,2H3,(H2,32,37)(H,35,38)(H,33,34,39). The molecule has 1 aliphatic heterocycles. The number of hydrogen-bond donors (Lipinski definition) is 4. The Hall–Kier alpha value is -4.88. The molecule has 0 aliphatic carbocycles. The number of rotatable bonds is 7. The molecular formula is C29H27ClN6O4. The number of nitrogens with two attached hydrogens (primary N) is 1. The van der Waals surface area contributed by atoms with Crippen molar-refractivity contribution in [1.82, 2.24) is 9.88 Å². The molecule has 3 aromatic rings. The molecule has 0 atom stereocenters. The third-order valence-corrected chi connectivity index (χ3v) is 6.79. The SMILES string of the molecule is C#Cc1ccc(NC(=O)c2cc(Cl)cc(OC)c2NC(=O)c2ccc(C(=N)N3CCC(C(N)=O)CC3)cc2)nc1. The van der Waals surface area contributed by atoms with Crippen molar-refractivity contribution in [3.63, 3.8) is 0 Å². The first-order valence-corrected chi connectivity index (χ1v) is 12.7. The number of anilines is 2. The molecule has 0 unspecified atom stereocenters. The zero-order valence-electron chi connectivity index (χ0n) is 21.7. The van der Waals surface area contributed by atoms with Crippen LogP contribution >= 0.6 is 11.6 Å². The van der Waals surface area contributed by atoms with Crippen LogP contribution in [0.5, 0.6) is 5.75 Å². The molecule has 10 nitrogen and oxygen atoms in total. The van der Waals surface area contributed by atoms with Crippen LogP contribution in [-0.4, -0.2) is 53.6 Å². The summed E-state index contributed by atoms with van der Waals surface area (Å²) in [4.78, 5) is 43.7. The molecule has 1 saturated heterocycles. The fourth-order valence-corrected chi connectivity index (χ4v) is 4.53. The van der Waals surface area contributed by atoms with Crippen molar-refractivity contribution >= 4 is 46.7 Å². The van der Waals surface area contributed by atoms with Crippen LogP contribution in [0.1, 0.15) is 44.7 Å². The second-order valence-electron chi connectivity index (χ2n) is 9.10. The van der Waals surface area contributed by atoms with Gasteiger partial charge in [-0.3, -0.25) is 19.8 Å². The summed E-state index contributed by atoms with van der Waals surface area (Å²) in [6.07, 6.45) is 8.00. The van der Waals surface area contributed by atoms with Gasteiger partial charge in [0.05, 0.1) is 18.4 Å². The highest BCUT2D eigenvalue weighted by molar-refractivity contribution is 6.31. The highest BCUT2D eigenvalue weighted by atomic mass is 35.5. The average molecular weight is 559 g/mol. The lowest BCUT2D eigenvalue weighted by atomic mass is 9.95. The minimum Gasteiger partial charge on any atom is -0.494 e. The molecule has 11 heteroatoms. The molecule has 0 bridgehead atoms. The van der Waals surface area contributed by atoms with Gasteiger partial charge in [0.1, 0.15) is 17.4 Å². The van der Waals surface area contributed by atoms with Crippen molar-refractivity contribution in [2.75, 3.05) is 30.8 Å². The first kappa shape index (κ1) is 28.1. The summed E-state index contributed by atoms with van der Waals surface area (Å²) < 4.78 is 5.39. The Labute approximate surface area is 236 Å². The first-order chi connectivity index (χ1) is 19.2. The monoisotopic (exact) mass is 558 g/mol. The number of amidine groups is 1. The predicted molar refractivity (Wildman–Crippen MR) is 153 cm³/mol. The molecule has 0 spiro atoms. The van der Waals surface area contributed by atoms with E-state index in [9.17, 15) is 14.4 Å². The number of carbonyl (C=O) groups excluding carboxylic acids is 3. The van der Waals surface area contributed by atoms with E-state index in [4.69, 9.17) is 33.9 Å². The van der Waals surface area contributed by atoms with Crippen LogP contribution in [0.15, 0.2) is 54.7 Å². The van der Waals surface area contributed by atoms with E-state index in [1.807, 2.05) is 4.90 Å². The molecule has 2 heterocycles. The van der Waals surface area contributed by atoms with E-state index < -0.39 is 11.8 Å². The van der Waals surface area contributed by atoms with Gasteiger partial charge in [0.25, 0.3) is 11.8 Å². The quantitative estimate of drug-likeness (QED) is 0.197. The molecule has 1 fully saturated rings. The molecule has 3 amide bonds. The number of terminal acetylenes is 1. The van der Waals surface area contributed by atoms with E-state index in [1.54, 1.807) is 36.4 Å². The normalized spacial score (nSPS) is 13.2.